The lowest BCUT2D eigenvalue weighted by Gasteiger charge is -2.05. The molecule has 0 amide bonds. The van der Waals surface area contributed by atoms with Crippen molar-refractivity contribution < 1.29 is 4.92 Å². The summed E-state index contributed by atoms with van der Waals surface area (Å²) in [6, 6.07) is 6.90. The van der Waals surface area contributed by atoms with Crippen molar-refractivity contribution in [3.8, 4) is 0 Å². The molecule has 0 saturated carbocycles. The fraction of sp³-hybridized carbons (Fsp3) is 0.167. The first-order chi connectivity index (χ1) is 9.16. The molecule has 2 aromatic heterocycles. The molecule has 2 heterocycles. The van der Waals surface area contributed by atoms with Crippen molar-refractivity contribution in [1.82, 2.24) is 9.97 Å². The van der Waals surface area contributed by atoms with Crippen molar-refractivity contribution in [2.45, 2.75) is 6.42 Å². The van der Waals surface area contributed by atoms with E-state index in [0.29, 0.717) is 13.0 Å². The fourth-order valence-corrected chi connectivity index (χ4v) is 1.71. The molecule has 2 aromatic rings. The fourth-order valence-electron chi connectivity index (χ4n) is 1.56. The van der Waals surface area contributed by atoms with Gasteiger partial charge in [-0.2, -0.15) is 0 Å². The van der Waals surface area contributed by atoms with Gasteiger partial charge < -0.3 is 5.32 Å². The average Bonchev–Trinajstić information content (AvgIpc) is 2.41. The van der Waals surface area contributed by atoms with E-state index in [4.69, 9.17) is 11.6 Å². The van der Waals surface area contributed by atoms with Gasteiger partial charge in [0.1, 0.15) is 0 Å². The van der Waals surface area contributed by atoms with Crippen LogP contribution in [0.15, 0.2) is 36.7 Å². The number of anilines is 1. The molecule has 2 rings (SSSR count). The topological polar surface area (TPSA) is 81.0 Å². The predicted octanol–water partition coefficient (Wildman–Crippen LogP) is 2.69. The highest BCUT2D eigenvalue weighted by atomic mass is 35.5. The highest BCUT2D eigenvalue weighted by Crippen LogP contribution is 2.24. The molecule has 0 aliphatic rings. The normalized spacial score (nSPS) is 10.2. The van der Waals surface area contributed by atoms with Crippen molar-refractivity contribution >= 4 is 23.1 Å². The molecule has 0 aromatic carbocycles. The Kier molecular flexibility index (Phi) is 4.25. The number of halogens is 1. The maximum absolute atomic E-state index is 10.9. The number of hydrogen-bond acceptors (Lipinski definition) is 5. The van der Waals surface area contributed by atoms with Crippen molar-refractivity contribution in [3.63, 3.8) is 0 Å². The maximum Gasteiger partial charge on any atom is 0.312 e. The third kappa shape index (κ3) is 3.62. The van der Waals surface area contributed by atoms with Gasteiger partial charge in [-0.15, -0.1) is 0 Å². The van der Waals surface area contributed by atoms with E-state index in [2.05, 4.69) is 15.3 Å². The van der Waals surface area contributed by atoms with Crippen LogP contribution in [0.25, 0.3) is 0 Å². The quantitative estimate of drug-likeness (QED) is 0.672. The summed E-state index contributed by atoms with van der Waals surface area (Å²) in [6.45, 7) is 0.506. The summed E-state index contributed by atoms with van der Waals surface area (Å²) in [6.07, 6.45) is 3.73. The molecule has 1 N–H and O–H groups in total. The molecule has 0 unspecified atom stereocenters. The maximum atomic E-state index is 10.9. The van der Waals surface area contributed by atoms with Gasteiger partial charge in [-0.1, -0.05) is 17.7 Å². The molecule has 0 aliphatic carbocycles. The highest BCUT2D eigenvalue weighted by Gasteiger charge is 2.15. The SMILES string of the molecule is O=[N+]([O-])c1cc(Cl)cnc1NCCc1ccccn1. The Morgan fingerprint density at radius 2 is 2.21 bits per heavy atom. The Morgan fingerprint density at radius 3 is 2.89 bits per heavy atom. The zero-order valence-electron chi connectivity index (χ0n) is 9.91. The number of rotatable bonds is 5. The van der Waals surface area contributed by atoms with Crippen molar-refractivity contribution in [3.05, 3.63) is 57.5 Å². The Hall–Kier alpha value is -2.21. The predicted molar refractivity (Wildman–Crippen MR) is 72.3 cm³/mol. The molecule has 0 aliphatic heterocycles. The van der Waals surface area contributed by atoms with Crippen LogP contribution in [0.1, 0.15) is 5.69 Å². The van der Waals surface area contributed by atoms with Crippen LogP contribution < -0.4 is 5.32 Å². The third-order valence-corrected chi connectivity index (χ3v) is 2.64. The summed E-state index contributed by atoms with van der Waals surface area (Å²) in [4.78, 5) is 18.4. The Balaban J connectivity index is 2.02. The first kappa shape index (κ1) is 13.2. The molecule has 0 atom stereocenters. The van der Waals surface area contributed by atoms with Crippen LogP contribution in [-0.4, -0.2) is 21.4 Å². The van der Waals surface area contributed by atoms with Gasteiger partial charge in [0.25, 0.3) is 0 Å². The van der Waals surface area contributed by atoms with Crippen LogP contribution in [0.4, 0.5) is 11.5 Å². The lowest BCUT2D eigenvalue weighted by atomic mass is 10.2. The van der Waals surface area contributed by atoms with Crippen LogP contribution in [0.2, 0.25) is 5.02 Å². The molecular formula is C12H11ClN4O2. The first-order valence-electron chi connectivity index (χ1n) is 5.60. The minimum Gasteiger partial charge on any atom is -0.364 e. The molecule has 0 saturated heterocycles. The summed E-state index contributed by atoms with van der Waals surface area (Å²) in [5, 5.41) is 14.0. The Morgan fingerprint density at radius 1 is 1.37 bits per heavy atom. The van der Waals surface area contributed by atoms with Crippen LogP contribution >= 0.6 is 11.6 Å². The summed E-state index contributed by atoms with van der Waals surface area (Å²) in [5.74, 6) is 0.213. The number of hydrogen-bond donors (Lipinski definition) is 1. The lowest BCUT2D eigenvalue weighted by Crippen LogP contribution is -2.09. The second kappa shape index (κ2) is 6.10. The van der Waals surface area contributed by atoms with Crippen molar-refractivity contribution in [2.75, 3.05) is 11.9 Å². The van der Waals surface area contributed by atoms with Crippen LogP contribution in [0.5, 0.6) is 0 Å². The molecule has 0 radical (unpaired) electrons. The minimum absolute atomic E-state index is 0.131. The summed E-state index contributed by atoms with van der Waals surface area (Å²) in [5.41, 5.74) is 0.778. The summed E-state index contributed by atoms with van der Waals surface area (Å²) >= 11 is 5.69. The van der Waals surface area contributed by atoms with Crippen LogP contribution in [0, 0.1) is 10.1 Å². The highest BCUT2D eigenvalue weighted by molar-refractivity contribution is 6.30. The minimum atomic E-state index is -0.512. The van der Waals surface area contributed by atoms with E-state index < -0.39 is 4.92 Å². The van der Waals surface area contributed by atoms with Crippen LogP contribution in [-0.2, 0) is 6.42 Å². The Bertz CT molecular complexity index is 577. The summed E-state index contributed by atoms with van der Waals surface area (Å²) < 4.78 is 0. The molecular weight excluding hydrogens is 268 g/mol. The van der Waals surface area contributed by atoms with Crippen LogP contribution in [0.3, 0.4) is 0 Å². The van der Waals surface area contributed by atoms with E-state index >= 15 is 0 Å². The second-order valence-corrected chi connectivity index (χ2v) is 4.21. The summed E-state index contributed by atoms with van der Waals surface area (Å²) in [7, 11) is 0. The standard InChI is InChI=1S/C12H11ClN4O2/c13-9-7-11(17(18)19)12(16-8-9)15-6-4-10-3-1-2-5-14-10/h1-3,5,7-8H,4,6H2,(H,15,16). The number of pyridine rings is 2. The first-order valence-corrected chi connectivity index (χ1v) is 5.98. The van der Waals surface area contributed by atoms with E-state index in [0.717, 1.165) is 5.69 Å². The average molecular weight is 279 g/mol. The van der Waals surface area contributed by atoms with Gasteiger partial charge in [-0.3, -0.25) is 15.1 Å². The van der Waals surface area contributed by atoms with Crippen molar-refractivity contribution in [1.29, 1.82) is 0 Å². The van der Waals surface area contributed by atoms with E-state index in [9.17, 15) is 10.1 Å². The van der Waals surface area contributed by atoms with Crippen molar-refractivity contribution in [2.24, 2.45) is 0 Å². The third-order valence-electron chi connectivity index (χ3n) is 2.43. The van der Waals surface area contributed by atoms with Gasteiger partial charge in [0.05, 0.1) is 9.95 Å². The molecule has 0 bridgehead atoms. The number of nitrogens with one attached hydrogen (secondary N) is 1. The monoisotopic (exact) mass is 278 g/mol. The van der Waals surface area contributed by atoms with Gasteiger partial charge >= 0.3 is 5.69 Å². The number of nitro groups is 1. The lowest BCUT2D eigenvalue weighted by molar-refractivity contribution is -0.384. The zero-order chi connectivity index (χ0) is 13.7. The van der Waals surface area contributed by atoms with Gasteiger partial charge in [0, 0.05) is 37.1 Å². The van der Waals surface area contributed by atoms with Gasteiger partial charge in [-0.05, 0) is 12.1 Å². The Labute approximate surface area is 114 Å². The van der Waals surface area contributed by atoms with E-state index in [-0.39, 0.29) is 16.5 Å². The smallest absolute Gasteiger partial charge is 0.312 e. The van der Waals surface area contributed by atoms with Gasteiger partial charge in [-0.25, -0.2) is 4.98 Å². The second-order valence-electron chi connectivity index (χ2n) is 3.78. The molecule has 98 valence electrons. The van der Waals surface area contributed by atoms with E-state index in [1.165, 1.54) is 12.3 Å². The zero-order valence-corrected chi connectivity index (χ0v) is 10.7. The largest absolute Gasteiger partial charge is 0.364 e. The van der Waals surface area contributed by atoms with E-state index in [1.54, 1.807) is 6.20 Å². The molecule has 6 nitrogen and oxygen atoms in total. The van der Waals surface area contributed by atoms with Gasteiger partial charge in [0.2, 0.25) is 5.82 Å². The van der Waals surface area contributed by atoms with E-state index in [1.807, 2.05) is 18.2 Å². The number of nitrogens with zero attached hydrogens (tertiary/aromatic N) is 3. The molecule has 7 heteroatoms. The molecule has 0 fully saturated rings. The molecule has 0 spiro atoms. The van der Waals surface area contributed by atoms with Gasteiger partial charge in [0.15, 0.2) is 0 Å². The molecule has 19 heavy (non-hydrogen) atoms. The number of aromatic nitrogens is 2.